The van der Waals surface area contributed by atoms with Gasteiger partial charge in [0.05, 0.1) is 29.5 Å². The van der Waals surface area contributed by atoms with E-state index in [2.05, 4.69) is 31.7 Å². The molecule has 1 saturated carbocycles. The zero-order valence-corrected chi connectivity index (χ0v) is 26.6. The number of hydrogen-bond acceptors (Lipinski definition) is 8. The van der Waals surface area contributed by atoms with E-state index in [-0.39, 0.29) is 29.2 Å². The van der Waals surface area contributed by atoms with Crippen LogP contribution in [0.3, 0.4) is 0 Å². The first-order chi connectivity index (χ1) is 22.9. The van der Waals surface area contributed by atoms with Gasteiger partial charge < -0.3 is 15.5 Å². The zero-order valence-electron chi connectivity index (χ0n) is 26.6. The lowest BCUT2D eigenvalue weighted by Gasteiger charge is -2.48. The standard InChI is InChI=1S/C36H39N9O2/c1-44-21-29(20-41-44)27-11-12-30(38-18-27)33(35(47)40-17-25-5-3-2-4-6-25)26-9-7-24(8-10-26)15-31-39-19-28(16-37)34(42-31)45-22-36(23-45)14-13-32(46)43-36/h2-6,11-12,18-21,24,26,33H,7-10,13-15,17,22-23H2,1H3,(H,40,47)(H,43,46)/t24-,26-,33?. The Morgan fingerprint density at radius 3 is 2.53 bits per heavy atom. The minimum Gasteiger partial charge on any atom is -0.351 e. The average molecular weight is 630 g/mol. The minimum absolute atomic E-state index is 0.00442. The maximum atomic E-state index is 13.8. The van der Waals surface area contributed by atoms with Crippen molar-refractivity contribution in [2.24, 2.45) is 18.9 Å². The summed E-state index contributed by atoms with van der Waals surface area (Å²) in [6, 6.07) is 16.2. The lowest BCUT2D eigenvalue weighted by molar-refractivity contribution is -0.124. The lowest BCUT2D eigenvalue weighted by atomic mass is 9.73. The van der Waals surface area contributed by atoms with Gasteiger partial charge >= 0.3 is 0 Å². The Bertz CT molecular complexity index is 1780. The number of hydrogen-bond donors (Lipinski definition) is 2. The first kappa shape index (κ1) is 30.5. The van der Waals surface area contributed by atoms with E-state index in [1.165, 1.54) is 0 Å². The van der Waals surface area contributed by atoms with Crippen molar-refractivity contribution < 1.29 is 9.59 Å². The first-order valence-electron chi connectivity index (χ1n) is 16.5. The number of benzene rings is 1. The largest absolute Gasteiger partial charge is 0.351 e. The molecule has 1 atom stereocenters. The lowest BCUT2D eigenvalue weighted by Crippen LogP contribution is -2.67. The highest BCUT2D eigenvalue weighted by Crippen LogP contribution is 2.40. The molecule has 7 rings (SSSR count). The molecule has 3 aliphatic rings. The molecule has 1 aliphatic carbocycles. The predicted molar refractivity (Wildman–Crippen MR) is 176 cm³/mol. The summed E-state index contributed by atoms with van der Waals surface area (Å²) in [7, 11) is 1.89. The summed E-state index contributed by atoms with van der Waals surface area (Å²) in [5.41, 5.74) is 4.08. The van der Waals surface area contributed by atoms with Gasteiger partial charge in [-0.25, -0.2) is 9.97 Å². The SMILES string of the molecule is Cn1cc(-c2ccc(C(C(=O)NCc3ccccc3)[C@H]3CC[C@H](Cc4ncc(C#N)c(N5CC6(CCC(=O)N6)C5)n4)CC3)nc2)cn1. The normalized spacial score (nSPS) is 20.7. The second-order valence-corrected chi connectivity index (χ2v) is 13.4. The molecule has 47 heavy (non-hydrogen) atoms. The molecule has 2 amide bonds. The molecule has 5 heterocycles. The number of carbonyl (C=O) groups excluding carboxylic acids is 2. The Balaban J connectivity index is 1.03. The topological polar surface area (TPSA) is 142 Å². The molecule has 4 aromatic rings. The molecular weight excluding hydrogens is 590 g/mol. The monoisotopic (exact) mass is 629 g/mol. The smallest absolute Gasteiger partial charge is 0.229 e. The Kier molecular flexibility index (Phi) is 8.41. The van der Waals surface area contributed by atoms with Gasteiger partial charge in [-0.05, 0) is 55.6 Å². The fourth-order valence-electron chi connectivity index (χ4n) is 7.47. The molecule has 3 fully saturated rings. The Labute approximate surface area is 274 Å². The van der Waals surface area contributed by atoms with E-state index in [0.717, 1.165) is 66.7 Å². The average Bonchev–Trinajstić information content (AvgIpc) is 3.70. The highest BCUT2D eigenvalue weighted by atomic mass is 16.2. The molecule has 2 N–H and O–H groups in total. The molecule has 1 spiro atoms. The van der Waals surface area contributed by atoms with Crippen molar-refractivity contribution in [3.63, 3.8) is 0 Å². The number of aromatic nitrogens is 5. The maximum absolute atomic E-state index is 13.8. The maximum Gasteiger partial charge on any atom is 0.229 e. The highest BCUT2D eigenvalue weighted by Gasteiger charge is 2.48. The summed E-state index contributed by atoms with van der Waals surface area (Å²) < 4.78 is 1.77. The van der Waals surface area contributed by atoms with Gasteiger partial charge in [-0.3, -0.25) is 19.3 Å². The predicted octanol–water partition coefficient (Wildman–Crippen LogP) is 4.06. The highest BCUT2D eigenvalue weighted by molar-refractivity contribution is 5.83. The van der Waals surface area contributed by atoms with Gasteiger partial charge in [-0.1, -0.05) is 36.4 Å². The zero-order chi connectivity index (χ0) is 32.4. The summed E-state index contributed by atoms with van der Waals surface area (Å²) in [5, 5.41) is 20.3. The van der Waals surface area contributed by atoms with Crippen LogP contribution in [0.15, 0.2) is 67.3 Å². The van der Waals surface area contributed by atoms with E-state index < -0.39 is 0 Å². The van der Waals surface area contributed by atoms with Crippen LogP contribution in [0.1, 0.15) is 67.1 Å². The first-order valence-corrected chi connectivity index (χ1v) is 16.5. The van der Waals surface area contributed by atoms with Gasteiger partial charge in [0.1, 0.15) is 23.3 Å². The molecule has 240 valence electrons. The van der Waals surface area contributed by atoms with E-state index in [0.29, 0.717) is 43.4 Å². The van der Waals surface area contributed by atoms with E-state index in [4.69, 9.17) is 9.97 Å². The molecule has 3 aromatic heterocycles. The van der Waals surface area contributed by atoms with Crippen LogP contribution in [-0.2, 0) is 29.6 Å². The molecule has 2 aliphatic heterocycles. The van der Waals surface area contributed by atoms with E-state index >= 15 is 0 Å². The third-order valence-electron chi connectivity index (χ3n) is 10.0. The van der Waals surface area contributed by atoms with Crippen LogP contribution >= 0.6 is 0 Å². The van der Waals surface area contributed by atoms with Crippen molar-refractivity contribution in [3.05, 3.63) is 89.9 Å². The minimum atomic E-state index is -0.352. The number of nitrogens with zero attached hydrogens (tertiary/aromatic N) is 7. The van der Waals surface area contributed by atoms with Gasteiger partial charge in [0.15, 0.2) is 0 Å². The third-order valence-corrected chi connectivity index (χ3v) is 10.0. The van der Waals surface area contributed by atoms with Crippen molar-refractivity contribution in [1.82, 2.24) is 35.4 Å². The summed E-state index contributed by atoms with van der Waals surface area (Å²) in [6.07, 6.45) is 13.1. The van der Waals surface area contributed by atoms with Crippen molar-refractivity contribution >= 4 is 17.6 Å². The number of pyridine rings is 1. The van der Waals surface area contributed by atoms with E-state index in [1.54, 1.807) is 10.9 Å². The number of anilines is 1. The van der Waals surface area contributed by atoms with Crippen LogP contribution in [0, 0.1) is 23.2 Å². The van der Waals surface area contributed by atoms with Crippen LogP contribution in [0.2, 0.25) is 0 Å². The molecule has 0 radical (unpaired) electrons. The van der Waals surface area contributed by atoms with Crippen LogP contribution in [0.4, 0.5) is 5.82 Å². The molecule has 11 heteroatoms. The molecule has 2 saturated heterocycles. The van der Waals surface area contributed by atoms with Gasteiger partial charge in [0.2, 0.25) is 11.8 Å². The van der Waals surface area contributed by atoms with E-state index in [9.17, 15) is 14.9 Å². The van der Waals surface area contributed by atoms with Crippen molar-refractivity contribution in [3.8, 4) is 17.2 Å². The molecule has 0 bridgehead atoms. The number of aryl methyl sites for hydroxylation is 1. The summed E-state index contributed by atoms with van der Waals surface area (Å²) in [5.74, 6) is 1.70. The summed E-state index contributed by atoms with van der Waals surface area (Å²) >= 11 is 0. The van der Waals surface area contributed by atoms with Gasteiger partial charge in [0, 0.05) is 63.0 Å². The number of carbonyl (C=O) groups is 2. The molecule has 1 aromatic carbocycles. The van der Waals surface area contributed by atoms with Crippen LogP contribution in [0.25, 0.3) is 11.1 Å². The van der Waals surface area contributed by atoms with Crippen LogP contribution in [-0.4, -0.2) is 55.2 Å². The molecule has 11 nitrogen and oxygen atoms in total. The number of nitriles is 1. The van der Waals surface area contributed by atoms with Gasteiger partial charge in [0.25, 0.3) is 0 Å². The summed E-state index contributed by atoms with van der Waals surface area (Å²) in [6.45, 7) is 1.81. The third kappa shape index (κ3) is 6.59. The second-order valence-electron chi connectivity index (χ2n) is 13.4. The van der Waals surface area contributed by atoms with Crippen molar-refractivity contribution in [2.45, 2.75) is 62.9 Å². The number of amides is 2. The molecule has 1 unspecified atom stereocenters. The van der Waals surface area contributed by atoms with Crippen LogP contribution < -0.4 is 15.5 Å². The Morgan fingerprint density at radius 2 is 1.87 bits per heavy atom. The Hall–Kier alpha value is -5.11. The number of rotatable bonds is 9. The van der Waals surface area contributed by atoms with Crippen LogP contribution in [0.5, 0.6) is 0 Å². The second kappa shape index (κ2) is 12.9. The fraction of sp³-hybridized carbons (Fsp3) is 0.417. The fourth-order valence-corrected chi connectivity index (χ4v) is 7.47. The quantitative estimate of drug-likeness (QED) is 0.282. The van der Waals surface area contributed by atoms with Crippen molar-refractivity contribution in [2.75, 3.05) is 18.0 Å². The van der Waals surface area contributed by atoms with E-state index in [1.807, 2.05) is 68.1 Å². The number of nitrogens with one attached hydrogen (secondary N) is 2. The summed E-state index contributed by atoms with van der Waals surface area (Å²) in [4.78, 5) is 41.9. The van der Waals surface area contributed by atoms with Crippen molar-refractivity contribution in [1.29, 1.82) is 5.26 Å². The van der Waals surface area contributed by atoms with Gasteiger partial charge in [-0.2, -0.15) is 10.4 Å². The van der Waals surface area contributed by atoms with Gasteiger partial charge in [-0.15, -0.1) is 0 Å². The molecular formula is C36H39N9O2. The Morgan fingerprint density at radius 1 is 1.06 bits per heavy atom.